The number of aromatic nitrogens is 2. The molecule has 25 heavy (non-hydrogen) atoms. The third kappa shape index (κ3) is 4.43. The zero-order chi connectivity index (χ0) is 18.6. The Bertz CT molecular complexity index is 765. The van der Waals surface area contributed by atoms with Gasteiger partial charge >= 0.3 is 5.69 Å². The lowest BCUT2D eigenvalue weighted by Crippen LogP contribution is -2.34. The fourth-order valence-corrected chi connectivity index (χ4v) is 2.81. The van der Waals surface area contributed by atoms with Gasteiger partial charge in [0.1, 0.15) is 17.9 Å². The molecule has 0 atom stereocenters. The van der Waals surface area contributed by atoms with E-state index in [1.807, 2.05) is 38.1 Å². The third-order valence-electron chi connectivity index (χ3n) is 4.15. The van der Waals surface area contributed by atoms with Crippen LogP contribution in [0.4, 0.5) is 5.69 Å². The smallest absolute Gasteiger partial charge is 0.312 e. The van der Waals surface area contributed by atoms with Crippen LogP contribution in [0.25, 0.3) is 0 Å². The summed E-state index contributed by atoms with van der Waals surface area (Å²) in [6, 6.07) is 8.07. The van der Waals surface area contributed by atoms with Crippen molar-refractivity contribution >= 4 is 11.6 Å². The number of nitrogens with zero attached hydrogens (tertiary/aromatic N) is 4. The van der Waals surface area contributed by atoms with Crippen LogP contribution in [0.15, 0.2) is 24.3 Å². The van der Waals surface area contributed by atoms with Crippen molar-refractivity contribution in [1.82, 2.24) is 14.7 Å². The normalized spacial score (nSPS) is 10.7. The van der Waals surface area contributed by atoms with Gasteiger partial charge in [-0.1, -0.05) is 36.8 Å². The van der Waals surface area contributed by atoms with Gasteiger partial charge in [-0.15, -0.1) is 0 Å². The highest BCUT2D eigenvalue weighted by Gasteiger charge is 2.24. The van der Waals surface area contributed by atoms with Gasteiger partial charge in [-0.3, -0.25) is 19.6 Å². The predicted octanol–water partition coefficient (Wildman–Crippen LogP) is 3.16. The van der Waals surface area contributed by atoms with Crippen molar-refractivity contribution in [1.29, 1.82) is 0 Å². The van der Waals surface area contributed by atoms with Gasteiger partial charge in [0.25, 0.3) is 0 Å². The van der Waals surface area contributed by atoms with Crippen molar-refractivity contribution in [3.8, 4) is 0 Å². The van der Waals surface area contributed by atoms with Gasteiger partial charge in [-0.2, -0.15) is 5.10 Å². The van der Waals surface area contributed by atoms with Crippen molar-refractivity contribution in [2.45, 2.75) is 47.2 Å². The molecule has 0 spiro atoms. The van der Waals surface area contributed by atoms with E-state index in [0.717, 1.165) is 12.0 Å². The maximum atomic E-state index is 12.7. The summed E-state index contributed by atoms with van der Waals surface area (Å²) < 4.78 is 1.42. The van der Waals surface area contributed by atoms with Crippen molar-refractivity contribution in [3.05, 3.63) is 56.9 Å². The predicted molar refractivity (Wildman–Crippen MR) is 95.2 cm³/mol. The monoisotopic (exact) mass is 344 g/mol. The third-order valence-corrected chi connectivity index (χ3v) is 4.15. The summed E-state index contributed by atoms with van der Waals surface area (Å²) >= 11 is 0. The van der Waals surface area contributed by atoms with Gasteiger partial charge in [0.2, 0.25) is 5.91 Å². The van der Waals surface area contributed by atoms with E-state index in [1.54, 1.807) is 18.7 Å². The van der Waals surface area contributed by atoms with Crippen molar-refractivity contribution < 1.29 is 9.72 Å². The van der Waals surface area contributed by atoms with E-state index in [1.165, 1.54) is 10.2 Å². The molecule has 1 heterocycles. The number of hydrogen-bond acceptors (Lipinski definition) is 4. The molecule has 7 heteroatoms. The van der Waals surface area contributed by atoms with Crippen LogP contribution < -0.4 is 0 Å². The molecule has 134 valence electrons. The number of hydrogen-bond donors (Lipinski definition) is 0. The second-order valence-corrected chi connectivity index (χ2v) is 6.24. The Morgan fingerprint density at radius 3 is 2.40 bits per heavy atom. The van der Waals surface area contributed by atoms with E-state index in [9.17, 15) is 14.9 Å². The van der Waals surface area contributed by atoms with Crippen molar-refractivity contribution in [2.24, 2.45) is 0 Å². The minimum atomic E-state index is -0.450. The maximum Gasteiger partial charge on any atom is 0.312 e. The van der Waals surface area contributed by atoms with Gasteiger partial charge in [0, 0.05) is 13.1 Å². The molecule has 7 nitrogen and oxygen atoms in total. The van der Waals surface area contributed by atoms with Crippen molar-refractivity contribution in [3.63, 3.8) is 0 Å². The molecule has 2 aromatic rings. The van der Waals surface area contributed by atoms with Crippen LogP contribution in [-0.4, -0.2) is 32.1 Å². The van der Waals surface area contributed by atoms with Gasteiger partial charge in [-0.05, 0) is 32.8 Å². The van der Waals surface area contributed by atoms with E-state index >= 15 is 0 Å². The number of rotatable bonds is 7. The molecule has 0 radical (unpaired) electrons. The van der Waals surface area contributed by atoms with E-state index in [0.29, 0.717) is 24.5 Å². The Labute approximate surface area is 147 Å². The summed E-state index contributed by atoms with van der Waals surface area (Å²) in [4.78, 5) is 25.1. The van der Waals surface area contributed by atoms with Crippen LogP contribution in [-0.2, 0) is 17.9 Å². The first-order chi connectivity index (χ1) is 11.8. The fourth-order valence-electron chi connectivity index (χ4n) is 2.81. The van der Waals surface area contributed by atoms with E-state index in [-0.39, 0.29) is 18.1 Å². The van der Waals surface area contributed by atoms with Crippen LogP contribution in [0, 0.1) is 30.9 Å². The summed E-state index contributed by atoms with van der Waals surface area (Å²) in [5.74, 6) is -0.0945. The summed E-state index contributed by atoms with van der Waals surface area (Å²) in [5, 5.41) is 15.3. The molecule has 0 saturated carbocycles. The second-order valence-electron chi connectivity index (χ2n) is 6.24. The molecular formula is C18H24N4O3. The zero-order valence-corrected chi connectivity index (χ0v) is 15.2. The molecule has 0 fully saturated rings. The molecule has 0 aliphatic rings. The van der Waals surface area contributed by atoms with E-state index in [2.05, 4.69) is 5.10 Å². The summed E-state index contributed by atoms with van der Waals surface area (Å²) in [5.41, 5.74) is 2.95. The average molecular weight is 344 g/mol. The molecule has 0 aliphatic heterocycles. The lowest BCUT2D eigenvalue weighted by atomic mass is 10.1. The maximum absolute atomic E-state index is 12.7. The molecule has 0 bridgehead atoms. The Hall–Kier alpha value is -2.70. The molecule has 1 aromatic carbocycles. The largest absolute Gasteiger partial charge is 0.337 e. The average Bonchev–Trinajstić information content (AvgIpc) is 2.82. The molecule has 1 amide bonds. The standard InChI is InChI=1S/C18H24N4O3/c1-5-10-20(11-16-8-6-13(2)7-9-16)17(23)12-21-15(4)18(22(24)25)14(3)19-21/h6-9H,5,10-12H2,1-4H3. The number of nitro groups is 1. The zero-order valence-electron chi connectivity index (χ0n) is 15.2. The number of carbonyl (C=O) groups is 1. The minimum Gasteiger partial charge on any atom is -0.337 e. The van der Waals surface area contributed by atoms with Crippen LogP contribution in [0.3, 0.4) is 0 Å². The molecule has 0 unspecified atom stereocenters. The number of benzene rings is 1. The van der Waals surface area contributed by atoms with Gasteiger partial charge in [0.05, 0.1) is 4.92 Å². The fraction of sp³-hybridized carbons (Fsp3) is 0.444. The lowest BCUT2D eigenvalue weighted by molar-refractivity contribution is -0.386. The summed E-state index contributed by atoms with van der Waals surface area (Å²) in [6.07, 6.45) is 0.842. The first-order valence-corrected chi connectivity index (χ1v) is 8.35. The molecular weight excluding hydrogens is 320 g/mol. The van der Waals surface area contributed by atoms with Crippen LogP contribution in [0.1, 0.15) is 35.9 Å². The summed E-state index contributed by atoms with van der Waals surface area (Å²) in [6.45, 7) is 8.41. The van der Waals surface area contributed by atoms with Crippen molar-refractivity contribution in [2.75, 3.05) is 6.54 Å². The molecule has 1 aromatic heterocycles. The van der Waals surface area contributed by atoms with Gasteiger partial charge in [-0.25, -0.2) is 0 Å². The van der Waals surface area contributed by atoms with Gasteiger partial charge < -0.3 is 4.90 Å². The molecule has 0 N–H and O–H groups in total. The van der Waals surface area contributed by atoms with E-state index < -0.39 is 4.92 Å². The highest BCUT2D eigenvalue weighted by molar-refractivity contribution is 5.76. The van der Waals surface area contributed by atoms with Crippen LogP contribution >= 0.6 is 0 Å². The first kappa shape index (κ1) is 18.6. The summed E-state index contributed by atoms with van der Waals surface area (Å²) in [7, 11) is 0. The number of carbonyl (C=O) groups excluding carboxylic acids is 1. The lowest BCUT2D eigenvalue weighted by Gasteiger charge is -2.22. The first-order valence-electron chi connectivity index (χ1n) is 8.35. The quantitative estimate of drug-likeness (QED) is 0.571. The van der Waals surface area contributed by atoms with Crippen LogP contribution in [0.2, 0.25) is 0 Å². The van der Waals surface area contributed by atoms with Crippen LogP contribution in [0.5, 0.6) is 0 Å². The topological polar surface area (TPSA) is 81.3 Å². The molecule has 2 rings (SSSR count). The number of aryl methyl sites for hydroxylation is 2. The Balaban J connectivity index is 2.16. The second kappa shape index (κ2) is 7.92. The Morgan fingerprint density at radius 1 is 1.24 bits per heavy atom. The van der Waals surface area contributed by atoms with Gasteiger partial charge in [0.15, 0.2) is 0 Å². The minimum absolute atomic E-state index is 0.00632. The highest BCUT2D eigenvalue weighted by Crippen LogP contribution is 2.22. The SMILES string of the molecule is CCCN(Cc1ccc(C)cc1)C(=O)Cn1nc(C)c([N+](=O)[O-])c1C. The molecule has 0 aliphatic carbocycles. The van der Waals surface area contributed by atoms with E-state index in [4.69, 9.17) is 0 Å². The number of amides is 1. The Kier molecular flexibility index (Phi) is 5.90. The Morgan fingerprint density at radius 2 is 1.88 bits per heavy atom. The highest BCUT2D eigenvalue weighted by atomic mass is 16.6. The molecule has 0 saturated heterocycles.